The van der Waals surface area contributed by atoms with Crippen molar-refractivity contribution in [1.82, 2.24) is 0 Å². The highest BCUT2D eigenvalue weighted by Gasteiger charge is 2.30. The summed E-state index contributed by atoms with van der Waals surface area (Å²) in [5, 5.41) is 2.71. The number of aryl methyl sites for hydroxylation is 1. The predicted octanol–water partition coefficient (Wildman–Crippen LogP) is 3.86. The summed E-state index contributed by atoms with van der Waals surface area (Å²) in [5.74, 6) is 1.02. The van der Waals surface area contributed by atoms with Crippen molar-refractivity contribution in [3.8, 4) is 23.0 Å². The minimum absolute atomic E-state index is 0.0342. The molecule has 186 valence electrons. The quantitative estimate of drug-likeness (QED) is 0.451. The molecule has 0 spiro atoms. The van der Waals surface area contributed by atoms with Gasteiger partial charge in [-0.15, -0.1) is 0 Å². The van der Waals surface area contributed by atoms with Crippen LogP contribution in [-0.2, 0) is 14.8 Å². The Bertz CT molecular complexity index is 1290. The van der Waals surface area contributed by atoms with Crippen LogP contribution in [0.5, 0.6) is 23.0 Å². The number of nitrogens with zero attached hydrogens (tertiary/aromatic N) is 1. The van der Waals surface area contributed by atoms with E-state index in [9.17, 15) is 13.2 Å². The average Bonchev–Trinajstić information content (AvgIpc) is 2.86. The number of methoxy groups -OCH3 is 4. The molecule has 0 unspecified atom stereocenters. The van der Waals surface area contributed by atoms with Crippen LogP contribution in [0.25, 0.3) is 0 Å². The van der Waals surface area contributed by atoms with Crippen molar-refractivity contribution in [2.24, 2.45) is 0 Å². The Kier molecular flexibility index (Phi) is 8.08. The van der Waals surface area contributed by atoms with E-state index in [2.05, 4.69) is 5.32 Å². The molecule has 0 bridgehead atoms. The number of amides is 1. The van der Waals surface area contributed by atoms with Crippen LogP contribution in [0.15, 0.2) is 65.6 Å². The first-order valence-corrected chi connectivity index (χ1v) is 12.0. The van der Waals surface area contributed by atoms with Crippen LogP contribution >= 0.6 is 0 Å². The average molecular weight is 501 g/mol. The molecule has 0 aromatic heterocycles. The van der Waals surface area contributed by atoms with Crippen molar-refractivity contribution < 1.29 is 32.2 Å². The van der Waals surface area contributed by atoms with E-state index in [4.69, 9.17) is 18.9 Å². The fourth-order valence-electron chi connectivity index (χ4n) is 3.37. The van der Waals surface area contributed by atoms with Gasteiger partial charge >= 0.3 is 0 Å². The Morgan fingerprint density at radius 2 is 1.43 bits per heavy atom. The Labute approximate surface area is 205 Å². The van der Waals surface area contributed by atoms with E-state index in [1.54, 1.807) is 42.5 Å². The van der Waals surface area contributed by atoms with Crippen LogP contribution in [0.2, 0.25) is 0 Å². The van der Waals surface area contributed by atoms with Crippen molar-refractivity contribution in [1.29, 1.82) is 0 Å². The third-order valence-electron chi connectivity index (χ3n) is 5.22. The second-order valence-corrected chi connectivity index (χ2v) is 9.34. The van der Waals surface area contributed by atoms with E-state index in [0.29, 0.717) is 22.9 Å². The van der Waals surface area contributed by atoms with E-state index in [-0.39, 0.29) is 16.3 Å². The molecular weight excluding hydrogens is 472 g/mol. The first-order valence-electron chi connectivity index (χ1n) is 10.6. The van der Waals surface area contributed by atoms with Gasteiger partial charge in [-0.25, -0.2) is 8.42 Å². The number of sulfonamides is 1. The standard InChI is InChI=1S/C25H28N2O7S/c1-17-6-10-20(11-7-17)35(29,30)27(21-15-19(31-2)9-13-22(21)32-3)16-25(28)26-18-8-12-23(33-4)24(14-18)34-5/h6-15H,16H2,1-5H3,(H,26,28). The van der Waals surface area contributed by atoms with Crippen LogP contribution in [0.3, 0.4) is 0 Å². The van der Waals surface area contributed by atoms with Crippen molar-refractivity contribution in [3.05, 3.63) is 66.2 Å². The zero-order chi connectivity index (χ0) is 25.6. The summed E-state index contributed by atoms with van der Waals surface area (Å²) in [6.45, 7) is 1.34. The largest absolute Gasteiger partial charge is 0.497 e. The van der Waals surface area contributed by atoms with Gasteiger partial charge in [0.2, 0.25) is 5.91 Å². The van der Waals surface area contributed by atoms with Crippen LogP contribution in [0, 0.1) is 6.92 Å². The van der Waals surface area contributed by atoms with Gasteiger partial charge in [0.25, 0.3) is 10.0 Å². The van der Waals surface area contributed by atoms with Gasteiger partial charge in [-0.05, 0) is 43.3 Å². The van der Waals surface area contributed by atoms with Gasteiger partial charge in [0, 0.05) is 17.8 Å². The molecule has 35 heavy (non-hydrogen) atoms. The lowest BCUT2D eigenvalue weighted by molar-refractivity contribution is -0.114. The molecular formula is C25H28N2O7S. The molecule has 3 aromatic rings. The van der Waals surface area contributed by atoms with Crippen LogP contribution in [-0.4, -0.2) is 49.3 Å². The number of carbonyl (C=O) groups is 1. The van der Waals surface area contributed by atoms with Crippen LogP contribution < -0.4 is 28.6 Å². The third kappa shape index (κ3) is 5.78. The molecule has 0 heterocycles. The van der Waals surface area contributed by atoms with Crippen molar-refractivity contribution in [2.75, 3.05) is 44.6 Å². The molecule has 9 nitrogen and oxygen atoms in total. The molecule has 0 aliphatic rings. The van der Waals surface area contributed by atoms with E-state index in [1.165, 1.54) is 46.6 Å². The number of ether oxygens (including phenoxy) is 4. The maximum absolute atomic E-state index is 13.7. The SMILES string of the molecule is COc1ccc(OC)c(N(CC(=O)Nc2ccc(OC)c(OC)c2)S(=O)(=O)c2ccc(C)cc2)c1. The van der Waals surface area contributed by atoms with Gasteiger partial charge in [-0.3, -0.25) is 9.10 Å². The zero-order valence-electron chi connectivity index (χ0n) is 20.2. The molecule has 0 saturated carbocycles. The number of carbonyl (C=O) groups excluding carboxylic acids is 1. The van der Waals surface area contributed by atoms with Crippen LogP contribution in [0.4, 0.5) is 11.4 Å². The van der Waals surface area contributed by atoms with Gasteiger partial charge < -0.3 is 24.3 Å². The maximum atomic E-state index is 13.7. The maximum Gasteiger partial charge on any atom is 0.264 e. The van der Waals surface area contributed by atoms with Gasteiger partial charge in [0.05, 0.1) is 39.0 Å². The monoisotopic (exact) mass is 500 g/mol. The molecule has 0 fully saturated rings. The minimum Gasteiger partial charge on any atom is -0.497 e. The summed E-state index contributed by atoms with van der Waals surface area (Å²) < 4.78 is 49.6. The number of nitrogens with one attached hydrogen (secondary N) is 1. The second kappa shape index (κ2) is 11.0. The Morgan fingerprint density at radius 1 is 0.800 bits per heavy atom. The molecule has 3 aromatic carbocycles. The van der Waals surface area contributed by atoms with E-state index >= 15 is 0 Å². The highest BCUT2D eigenvalue weighted by molar-refractivity contribution is 7.92. The van der Waals surface area contributed by atoms with E-state index in [0.717, 1.165) is 9.87 Å². The Balaban J connectivity index is 2.02. The number of hydrogen-bond acceptors (Lipinski definition) is 7. The zero-order valence-corrected chi connectivity index (χ0v) is 21.0. The lowest BCUT2D eigenvalue weighted by Crippen LogP contribution is -2.38. The Morgan fingerprint density at radius 3 is 2.03 bits per heavy atom. The molecule has 0 saturated heterocycles. The summed E-state index contributed by atoms with van der Waals surface area (Å²) in [5.41, 5.74) is 1.48. The minimum atomic E-state index is -4.15. The number of anilines is 2. The van der Waals surface area contributed by atoms with Gasteiger partial charge in [0.1, 0.15) is 18.0 Å². The highest BCUT2D eigenvalue weighted by atomic mass is 32.2. The summed E-state index contributed by atoms with van der Waals surface area (Å²) in [7, 11) is 1.73. The van der Waals surface area contributed by atoms with E-state index < -0.39 is 22.5 Å². The molecule has 0 atom stereocenters. The summed E-state index contributed by atoms with van der Waals surface area (Å²) in [6.07, 6.45) is 0. The normalized spacial score (nSPS) is 10.9. The second-order valence-electron chi connectivity index (χ2n) is 7.48. The Hall–Kier alpha value is -3.92. The predicted molar refractivity (Wildman–Crippen MR) is 133 cm³/mol. The topological polar surface area (TPSA) is 103 Å². The molecule has 0 radical (unpaired) electrons. The number of benzene rings is 3. The summed E-state index contributed by atoms with van der Waals surface area (Å²) in [4.78, 5) is 13.1. The van der Waals surface area contributed by atoms with Gasteiger partial charge in [-0.1, -0.05) is 17.7 Å². The molecule has 1 N–H and O–H groups in total. The summed E-state index contributed by atoms with van der Waals surface area (Å²) >= 11 is 0. The first-order chi connectivity index (χ1) is 16.7. The highest BCUT2D eigenvalue weighted by Crippen LogP contribution is 2.36. The van der Waals surface area contributed by atoms with Crippen LogP contribution in [0.1, 0.15) is 5.56 Å². The van der Waals surface area contributed by atoms with Crippen molar-refractivity contribution >= 4 is 27.3 Å². The summed E-state index contributed by atoms with van der Waals surface area (Å²) in [6, 6.07) is 16.0. The number of hydrogen-bond donors (Lipinski definition) is 1. The van der Waals surface area contributed by atoms with Gasteiger partial charge in [-0.2, -0.15) is 0 Å². The molecule has 0 aliphatic carbocycles. The molecule has 3 rings (SSSR count). The van der Waals surface area contributed by atoms with Gasteiger partial charge in [0.15, 0.2) is 11.5 Å². The number of rotatable bonds is 10. The van der Waals surface area contributed by atoms with Crippen molar-refractivity contribution in [3.63, 3.8) is 0 Å². The lowest BCUT2D eigenvalue weighted by atomic mass is 10.2. The first kappa shape index (κ1) is 25.7. The molecule has 0 aliphatic heterocycles. The lowest BCUT2D eigenvalue weighted by Gasteiger charge is -2.26. The molecule has 1 amide bonds. The smallest absolute Gasteiger partial charge is 0.264 e. The third-order valence-corrected chi connectivity index (χ3v) is 6.99. The fraction of sp³-hybridized carbons (Fsp3) is 0.240. The van der Waals surface area contributed by atoms with Crippen molar-refractivity contribution in [2.45, 2.75) is 11.8 Å². The van der Waals surface area contributed by atoms with E-state index in [1.807, 2.05) is 6.92 Å². The fourth-order valence-corrected chi connectivity index (χ4v) is 4.80. The molecule has 10 heteroatoms.